The van der Waals surface area contributed by atoms with E-state index in [2.05, 4.69) is 46.6 Å². The van der Waals surface area contributed by atoms with Crippen LogP contribution in [0.15, 0.2) is 23.0 Å². The van der Waals surface area contributed by atoms with Crippen molar-refractivity contribution in [1.82, 2.24) is 14.5 Å². The van der Waals surface area contributed by atoms with Gasteiger partial charge in [-0.25, -0.2) is 4.79 Å². The third kappa shape index (κ3) is 3.15. The van der Waals surface area contributed by atoms with E-state index in [4.69, 9.17) is 0 Å². The Kier molecular flexibility index (Phi) is 4.66. The van der Waals surface area contributed by atoms with Crippen LogP contribution in [-0.4, -0.2) is 43.2 Å². The standard InChI is InChI=1S/C24H27N3O4/c1-13-5-4-8-27(13)12-16-9-15-10-18-14(11-19(15)26(16)2)6-3-7-17-21(18)25-23(29)20(22(17)28)24(30)31/h9-11,13H,3-8,12H2,1-2H3,(H,30,31)(H2,25,28,29). The largest absolute Gasteiger partial charge is 0.506 e. The number of aromatic carboxylic acids is 1. The van der Waals surface area contributed by atoms with Crippen LogP contribution in [0.3, 0.4) is 0 Å². The maximum atomic E-state index is 12.4. The Balaban J connectivity index is 1.65. The zero-order valence-electron chi connectivity index (χ0n) is 17.9. The lowest BCUT2D eigenvalue weighted by Gasteiger charge is -2.21. The molecule has 31 heavy (non-hydrogen) atoms. The number of nitrogens with zero attached hydrogens (tertiary/aromatic N) is 2. The predicted molar refractivity (Wildman–Crippen MR) is 119 cm³/mol. The first-order chi connectivity index (χ1) is 14.8. The highest BCUT2D eigenvalue weighted by atomic mass is 16.4. The van der Waals surface area contributed by atoms with Gasteiger partial charge in [0.2, 0.25) is 0 Å². The molecule has 1 aliphatic carbocycles. The Labute approximate surface area is 179 Å². The van der Waals surface area contributed by atoms with Crippen LogP contribution in [0.5, 0.6) is 5.75 Å². The van der Waals surface area contributed by atoms with Gasteiger partial charge in [-0.2, -0.15) is 0 Å². The first-order valence-electron chi connectivity index (χ1n) is 10.9. The third-order valence-corrected chi connectivity index (χ3v) is 7.07. The highest BCUT2D eigenvalue weighted by molar-refractivity contribution is 5.93. The Bertz CT molecular complexity index is 1270. The zero-order valence-corrected chi connectivity index (χ0v) is 17.9. The van der Waals surface area contributed by atoms with Crippen molar-refractivity contribution in [2.75, 3.05) is 6.54 Å². The highest BCUT2D eigenvalue weighted by Gasteiger charge is 2.26. The summed E-state index contributed by atoms with van der Waals surface area (Å²) in [4.78, 5) is 29.1. The number of benzene rings is 1. The Morgan fingerprint density at radius 3 is 2.74 bits per heavy atom. The summed E-state index contributed by atoms with van der Waals surface area (Å²) in [6, 6.07) is 7.05. The number of carboxylic acids is 1. The molecule has 0 radical (unpaired) electrons. The third-order valence-electron chi connectivity index (χ3n) is 7.07. The number of fused-ring (bicyclic) bond motifs is 4. The van der Waals surface area contributed by atoms with E-state index < -0.39 is 22.8 Å². The summed E-state index contributed by atoms with van der Waals surface area (Å²) < 4.78 is 2.25. The molecule has 1 atom stereocenters. The molecule has 2 aliphatic rings. The maximum Gasteiger partial charge on any atom is 0.345 e. The van der Waals surface area contributed by atoms with Crippen LogP contribution in [-0.2, 0) is 26.4 Å². The van der Waals surface area contributed by atoms with Crippen LogP contribution >= 0.6 is 0 Å². The van der Waals surface area contributed by atoms with E-state index >= 15 is 0 Å². The minimum atomic E-state index is -1.41. The average molecular weight is 421 g/mol. The van der Waals surface area contributed by atoms with Gasteiger partial charge in [-0.3, -0.25) is 9.69 Å². The van der Waals surface area contributed by atoms with Crippen molar-refractivity contribution < 1.29 is 15.0 Å². The molecule has 162 valence electrons. The fourth-order valence-corrected chi connectivity index (χ4v) is 5.27. The SMILES string of the molecule is CC1CCCN1Cc1cc2cc3c(cc2n1C)CCCc1c-3[nH]c(=O)c(C(=O)O)c1O. The van der Waals surface area contributed by atoms with Gasteiger partial charge in [-0.15, -0.1) is 0 Å². The normalized spacial score (nSPS) is 18.7. The molecule has 3 aromatic rings. The minimum Gasteiger partial charge on any atom is -0.506 e. The van der Waals surface area contributed by atoms with Crippen LogP contribution in [0.25, 0.3) is 22.2 Å². The lowest BCUT2D eigenvalue weighted by atomic mass is 9.98. The second-order valence-electron chi connectivity index (χ2n) is 8.91. The molecule has 1 unspecified atom stereocenters. The lowest BCUT2D eigenvalue weighted by Crippen LogP contribution is -2.27. The maximum absolute atomic E-state index is 12.4. The topological polar surface area (TPSA) is 98.6 Å². The number of aromatic hydroxyl groups is 1. The number of carbonyl (C=O) groups is 1. The summed E-state index contributed by atoms with van der Waals surface area (Å²) in [6.45, 7) is 4.31. The van der Waals surface area contributed by atoms with Crippen LogP contribution in [0.4, 0.5) is 0 Å². The van der Waals surface area contributed by atoms with E-state index in [-0.39, 0.29) is 0 Å². The van der Waals surface area contributed by atoms with Crippen molar-refractivity contribution in [2.24, 2.45) is 7.05 Å². The molecule has 3 heterocycles. The summed E-state index contributed by atoms with van der Waals surface area (Å²) in [5, 5.41) is 21.0. The Morgan fingerprint density at radius 1 is 1.23 bits per heavy atom. The quantitative estimate of drug-likeness (QED) is 0.602. The second-order valence-corrected chi connectivity index (χ2v) is 8.91. The average Bonchev–Trinajstić information content (AvgIpc) is 3.19. The van der Waals surface area contributed by atoms with Gasteiger partial charge in [-0.05, 0) is 69.3 Å². The van der Waals surface area contributed by atoms with Gasteiger partial charge >= 0.3 is 5.97 Å². The van der Waals surface area contributed by atoms with Crippen LogP contribution in [0, 0.1) is 0 Å². The number of hydrogen-bond donors (Lipinski definition) is 3. The molecule has 0 amide bonds. The molecule has 0 spiro atoms. The number of aryl methyl sites for hydroxylation is 2. The molecule has 7 nitrogen and oxygen atoms in total. The predicted octanol–water partition coefficient (Wildman–Crippen LogP) is 3.41. The summed E-state index contributed by atoms with van der Waals surface area (Å²) in [5.74, 6) is -1.82. The molecule has 0 bridgehead atoms. The van der Waals surface area contributed by atoms with E-state index in [9.17, 15) is 19.8 Å². The van der Waals surface area contributed by atoms with Crippen molar-refractivity contribution in [1.29, 1.82) is 0 Å². The van der Waals surface area contributed by atoms with Crippen LogP contribution in [0.1, 0.15) is 53.4 Å². The number of aromatic nitrogens is 2. The number of hydrogen-bond acceptors (Lipinski definition) is 4. The number of nitrogens with one attached hydrogen (secondary N) is 1. The van der Waals surface area contributed by atoms with Crippen LogP contribution in [0.2, 0.25) is 0 Å². The van der Waals surface area contributed by atoms with E-state index in [1.54, 1.807) is 0 Å². The molecule has 7 heteroatoms. The highest BCUT2D eigenvalue weighted by Crippen LogP contribution is 2.38. The first kappa shape index (κ1) is 19.9. The number of carboxylic acid groups (broad SMARTS) is 1. The van der Waals surface area contributed by atoms with Crippen molar-refractivity contribution >= 4 is 16.9 Å². The van der Waals surface area contributed by atoms with Gasteiger partial charge < -0.3 is 19.8 Å². The van der Waals surface area contributed by atoms with E-state index in [0.29, 0.717) is 23.7 Å². The summed E-state index contributed by atoms with van der Waals surface area (Å²) in [7, 11) is 2.10. The summed E-state index contributed by atoms with van der Waals surface area (Å²) >= 11 is 0. The zero-order chi connectivity index (χ0) is 21.9. The van der Waals surface area contributed by atoms with Gasteiger partial charge in [0.05, 0.1) is 5.69 Å². The number of aromatic amines is 1. The molecule has 1 fully saturated rings. The molecule has 1 saturated heterocycles. The lowest BCUT2D eigenvalue weighted by molar-refractivity contribution is 0.0691. The number of pyridine rings is 1. The molecule has 3 N–H and O–H groups in total. The van der Waals surface area contributed by atoms with E-state index in [0.717, 1.165) is 48.0 Å². The Morgan fingerprint density at radius 2 is 2.03 bits per heavy atom. The van der Waals surface area contributed by atoms with Crippen molar-refractivity contribution in [3.05, 3.63) is 50.9 Å². The molecule has 0 saturated carbocycles. The van der Waals surface area contributed by atoms with Crippen molar-refractivity contribution in [2.45, 2.75) is 51.6 Å². The first-order valence-corrected chi connectivity index (χ1v) is 10.9. The number of rotatable bonds is 3. The molecular weight excluding hydrogens is 394 g/mol. The number of H-pyrrole nitrogens is 1. The molecule has 1 aromatic carbocycles. The van der Waals surface area contributed by atoms with Gasteiger partial charge in [0.25, 0.3) is 5.56 Å². The summed E-state index contributed by atoms with van der Waals surface area (Å²) in [6.07, 6.45) is 4.57. The Hall–Kier alpha value is -3.06. The second kappa shape index (κ2) is 7.27. The van der Waals surface area contributed by atoms with E-state index in [1.807, 2.05) is 0 Å². The van der Waals surface area contributed by atoms with Crippen molar-refractivity contribution in [3.63, 3.8) is 0 Å². The summed E-state index contributed by atoms with van der Waals surface area (Å²) in [5.41, 5.74) is 4.08. The van der Waals surface area contributed by atoms with Gasteiger partial charge in [0, 0.05) is 47.4 Å². The molecule has 1 aliphatic heterocycles. The van der Waals surface area contributed by atoms with Crippen molar-refractivity contribution in [3.8, 4) is 17.0 Å². The molecule has 2 aromatic heterocycles. The fourth-order valence-electron chi connectivity index (χ4n) is 5.27. The fraction of sp³-hybridized carbons (Fsp3) is 0.417. The number of likely N-dealkylation sites (tertiary alicyclic amines) is 1. The molecular formula is C24H27N3O4. The minimum absolute atomic E-state index is 0.407. The van der Waals surface area contributed by atoms with Gasteiger partial charge in [0.1, 0.15) is 5.75 Å². The smallest absolute Gasteiger partial charge is 0.345 e. The molecule has 5 rings (SSSR count). The van der Waals surface area contributed by atoms with Gasteiger partial charge in [0.15, 0.2) is 5.56 Å². The van der Waals surface area contributed by atoms with Gasteiger partial charge in [-0.1, -0.05) is 0 Å². The monoisotopic (exact) mass is 421 g/mol. The van der Waals surface area contributed by atoms with E-state index in [1.165, 1.54) is 18.5 Å². The van der Waals surface area contributed by atoms with Crippen LogP contribution < -0.4 is 5.56 Å².